The summed E-state index contributed by atoms with van der Waals surface area (Å²) in [5.74, 6) is 0.619. The summed E-state index contributed by atoms with van der Waals surface area (Å²) in [7, 11) is 0. The van der Waals surface area contributed by atoms with E-state index < -0.39 is 4.92 Å². The lowest BCUT2D eigenvalue weighted by Crippen LogP contribution is -1.98. The van der Waals surface area contributed by atoms with E-state index in [9.17, 15) is 10.1 Å². The van der Waals surface area contributed by atoms with Gasteiger partial charge in [0, 0.05) is 47.1 Å². The summed E-state index contributed by atoms with van der Waals surface area (Å²) in [6, 6.07) is 18.6. The summed E-state index contributed by atoms with van der Waals surface area (Å²) in [5.41, 5.74) is 2.60. The molecule has 2 aromatic heterocycles. The number of rotatable bonds is 3. The predicted octanol–water partition coefficient (Wildman–Crippen LogP) is 4.83. The minimum absolute atomic E-state index is 0.0685. The highest BCUT2D eigenvalue weighted by Crippen LogP contribution is 2.29. The van der Waals surface area contributed by atoms with E-state index in [1.807, 2.05) is 42.6 Å². The first-order chi connectivity index (χ1) is 13.7. The first-order valence-electron chi connectivity index (χ1n) is 8.84. The van der Waals surface area contributed by atoms with Crippen LogP contribution in [0.1, 0.15) is 11.4 Å². The third kappa shape index (κ3) is 2.72. The molecule has 5 aromatic rings. The van der Waals surface area contributed by atoms with E-state index in [0.717, 1.165) is 38.1 Å². The lowest BCUT2D eigenvalue weighted by molar-refractivity contribution is -0.384. The van der Waals surface area contributed by atoms with Crippen molar-refractivity contribution in [2.45, 2.75) is 6.42 Å². The molecule has 0 saturated carbocycles. The van der Waals surface area contributed by atoms with Crippen molar-refractivity contribution in [1.82, 2.24) is 15.0 Å². The molecule has 0 amide bonds. The van der Waals surface area contributed by atoms with Crippen LogP contribution in [0.2, 0.25) is 0 Å². The van der Waals surface area contributed by atoms with Crippen LogP contribution < -0.4 is 0 Å². The van der Waals surface area contributed by atoms with Gasteiger partial charge in [-0.15, -0.1) is 0 Å². The van der Waals surface area contributed by atoms with Crippen LogP contribution in [0.15, 0.2) is 73.1 Å². The number of non-ortho nitro benzene ring substituents is 1. The van der Waals surface area contributed by atoms with Gasteiger partial charge in [0.25, 0.3) is 5.69 Å². The van der Waals surface area contributed by atoms with Crippen molar-refractivity contribution < 1.29 is 4.92 Å². The van der Waals surface area contributed by atoms with Crippen LogP contribution in [-0.2, 0) is 6.42 Å². The molecule has 0 atom stereocenters. The number of nitrogens with zero attached hydrogens (tertiary/aromatic N) is 4. The van der Waals surface area contributed by atoms with Crippen molar-refractivity contribution in [2.24, 2.45) is 0 Å². The van der Waals surface area contributed by atoms with Gasteiger partial charge in [0.05, 0.1) is 16.0 Å². The molecular weight excluding hydrogens is 352 g/mol. The Kier molecular flexibility index (Phi) is 3.69. The Balaban J connectivity index is 1.69. The Morgan fingerprint density at radius 3 is 2.64 bits per heavy atom. The fourth-order valence-corrected chi connectivity index (χ4v) is 3.52. The molecule has 0 radical (unpaired) electrons. The number of nitro benzene ring substituents is 1. The van der Waals surface area contributed by atoms with Crippen molar-refractivity contribution in [3.63, 3.8) is 0 Å². The highest BCUT2D eigenvalue weighted by atomic mass is 16.6. The Hall–Kier alpha value is -3.93. The molecule has 0 spiro atoms. The fourth-order valence-electron chi connectivity index (χ4n) is 3.52. The first-order valence-corrected chi connectivity index (χ1v) is 8.84. The van der Waals surface area contributed by atoms with Crippen molar-refractivity contribution in [3.05, 3.63) is 94.6 Å². The maximum Gasteiger partial charge on any atom is 0.269 e. The highest BCUT2D eigenvalue weighted by molar-refractivity contribution is 6.17. The Morgan fingerprint density at radius 2 is 1.75 bits per heavy atom. The van der Waals surface area contributed by atoms with Crippen molar-refractivity contribution in [3.8, 4) is 0 Å². The summed E-state index contributed by atoms with van der Waals surface area (Å²) < 4.78 is 0. The minimum Gasteiger partial charge on any atom is -0.258 e. The van der Waals surface area contributed by atoms with Crippen molar-refractivity contribution >= 4 is 38.3 Å². The van der Waals surface area contributed by atoms with Crippen LogP contribution in [-0.4, -0.2) is 19.9 Å². The number of pyridine rings is 1. The number of hydrogen-bond donors (Lipinski definition) is 0. The molecule has 0 N–H and O–H groups in total. The van der Waals surface area contributed by atoms with E-state index in [1.165, 1.54) is 6.07 Å². The van der Waals surface area contributed by atoms with Gasteiger partial charge < -0.3 is 0 Å². The molecule has 0 unspecified atom stereocenters. The lowest BCUT2D eigenvalue weighted by atomic mass is 10.0. The standard InChI is InChI=1S/C22H14N4O2/c27-26(28)17-6-3-4-14(10-17)11-20-24-13-16-8-9-19-21(22(16)25-20)18-7-2-1-5-15(18)12-23-19/h1-10,12-13H,11H2. The smallest absolute Gasteiger partial charge is 0.258 e. The van der Waals surface area contributed by atoms with Crippen LogP contribution in [0, 0.1) is 10.1 Å². The molecule has 0 aliphatic heterocycles. The van der Waals surface area contributed by atoms with Crippen LogP contribution >= 0.6 is 0 Å². The summed E-state index contributed by atoms with van der Waals surface area (Å²) >= 11 is 0. The summed E-state index contributed by atoms with van der Waals surface area (Å²) in [6.45, 7) is 0. The zero-order valence-corrected chi connectivity index (χ0v) is 14.7. The second-order valence-electron chi connectivity index (χ2n) is 6.63. The molecule has 5 rings (SSSR count). The summed E-state index contributed by atoms with van der Waals surface area (Å²) in [4.78, 5) is 24.5. The molecule has 134 valence electrons. The maximum atomic E-state index is 11.0. The number of benzene rings is 3. The third-order valence-corrected chi connectivity index (χ3v) is 4.84. The van der Waals surface area contributed by atoms with Gasteiger partial charge in [-0.2, -0.15) is 0 Å². The summed E-state index contributed by atoms with van der Waals surface area (Å²) in [5, 5.41) is 15.1. The van der Waals surface area contributed by atoms with Gasteiger partial charge in [0.2, 0.25) is 0 Å². The second kappa shape index (κ2) is 6.35. The van der Waals surface area contributed by atoms with Crippen molar-refractivity contribution in [1.29, 1.82) is 0 Å². The lowest BCUT2D eigenvalue weighted by Gasteiger charge is -2.08. The zero-order chi connectivity index (χ0) is 19.1. The van der Waals surface area contributed by atoms with Gasteiger partial charge >= 0.3 is 0 Å². The largest absolute Gasteiger partial charge is 0.269 e. The van der Waals surface area contributed by atoms with Gasteiger partial charge in [-0.1, -0.05) is 36.4 Å². The van der Waals surface area contributed by atoms with Gasteiger partial charge in [-0.05, 0) is 23.1 Å². The monoisotopic (exact) mass is 366 g/mol. The van der Waals surface area contributed by atoms with Crippen LogP contribution in [0.5, 0.6) is 0 Å². The number of hydrogen-bond acceptors (Lipinski definition) is 5. The Bertz CT molecular complexity index is 1380. The average Bonchev–Trinajstić information content (AvgIpc) is 2.73. The predicted molar refractivity (Wildman–Crippen MR) is 108 cm³/mol. The molecular formula is C22H14N4O2. The van der Waals surface area contributed by atoms with E-state index in [-0.39, 0.29) is 5.69 Å². The van der Waals surface area contributed by atoms with Crippen molar-refractivity contribution in [2.75, 3.05) is 0 Å². The second-order valence-corrected chi connectivity index (χ2v) is 6.63. The molecule has 2 heterocycles. The average molecular weight is 366 g/mol. The molecule has 28 heavy (non-hydrogen) atoms. The molecule has 0 aliphatic rings. The molecule has 0 bridgehead atoms. The van der Waals surface area contributed by atoms with Gasteiger partial charge in [0.15, 0.2) is 0 Å². The van der Waals surface area contributed by atoms with E-state index in [2.05, 4.69) is 16.0 Å². The van der Waals surface area contributed by atoms with Crippen LogP contribution in [0.3, 0.4) is 0 Å². The molecule has 0 saturated heterocycles. The number of fused-ring (bicyclic) bond motifs is 5. The van der Waals surface area contributed by atoms with Crippen LogP contribution in [0.25, 0.3) is 32.6 Å². The fraction of sp³-hybridized carbons (Fsp3) is 0.0455. The van der Waals surface area contributed by atoms with E-state index in [4.69, 9.17) is 4.98 Å². The first kappa shape index (κ1) is 16.3. The van der Waals surface area contributed by atoms with Gasteiger partial charge in [0.1, 0.15) is 5.82 Å². The number of nitro groups is 1. The van der Waals surface area contributed by atoms with E-state index in [0.29, 0.717) is 12.2 Å². The minimum atomic E-state index is -0.393. The topological polar surface area (TPSA) is 81.8 Å². The molecule has 6 heteroatoms. The Labute approximate surface area is 159 Å². The maximum absolute atomic E-state index is 11.0. The van der Waals surface area contributed by atoms with E-state index >= 15 is 0 Å². The SMILES string of the molecule is O=[N+]([O-])c1cccc(Cc2ncc3ccc4ncc5ccccc5c4c3n2)c1. The summed E-state index contributed by atoms with van der Waals surface area (Å²) in [6.07, 6.45) is 4.09. The molecule has 0 aliphatic carbocycles. The molecule has 0 fully saturated rings. The normalized spacial score (nSPS) is 11.3. The molecule has 3 aromatic carbocycles. The Morgan fingerprint density at radius 1 is 0.893 bits per heavy atom. The van der Waals surface area contributed by atoms with Crippen LogP contribution in [0.4, 0.5) is 5.69 Å². The van der Waals surface area contributed by atoms with Gasteiger partial charge in [-0.25, -0.2) is 9.97 Å². The highest BCUT2D eigenvalue weighted by Gasteiger charge is 2.11. The van der Waals surface area contributed by atoms with E-state index in [1.54, 1.807) is 18.3 Å². The van der Waals surface area contributed by atoms with Gasteiger partial charge in [-0.3, -0.25) is 15.1 Å². The third-order valence-electron chi connectivity index (χ3n) is 4.84. The zero-order valence-electron chi connectivity index (χ0n) is 14.7. The number of aromatic nitrogens is 3. The quantitative estimate of drug-likeness (QED) is 0.259. The molecule has 6 nitrogen and oxygen atoms in total.